The Balaban J connectivity index is 2.05. The van der Waals surface area contributed by atoms with Crippen molar-refractivity contribution < 1.29 is 9.90 Å². The molecule has 0 aliphatic heterocycles. The smallest absolute Gasteiger partial charge is 0.168 e. The van der Waals surface area contributed by atoms with Crippen LogP contribution in [-0.2, 0) is 11.2 Å². The molecule has 3 heteroatoms. The first-order chi connectivity index (χ1) is 8.10. The molecule has 1 saturated carbocycles. The van der Waals surface area contributed by atoms with Gasteiger partial charge in [0, 0.05) is 11.4 Å². The maximum Gasteiger partial charge on any atom is 0.168 e. The molecule has 1 N–H and O–H groups in total. The van der Waals surface area contributed by atoms with Crippen LogP contribution in [0.3, 0.4) is 0 Å². The molecule has 1 aromatic rings. The van der Waals surface area contributed by atoms with Gasteiger partial charge in [0.15, 0.2) is 5.78 Å². The number of carbonyl (C=O) groups is 1. The van der Waals surface area contributed by atoms with Crippen LogP contribution in [0.25, 0.3) is 0 Å². The number of hydrogen-bond donors (Lipinski definition) is 1. The third-order valence-electron chi connectivity index (χ3n) is 3.45. The first-order valence-corrected chi connectivity index (χ1v) is 6.48. The number of Topliss-reactive ketones (excluding diaryl/α,β-unsaturated/α-hetero) is 1. The molecule has 0 unspecified atom stereocenters. The van der Waals surface area contributed by atoms with Crippen molar-refractivity contribution >= 4 is 17.4 Å². The van der Waals surface area contributed by atoms with E-state index in [4.69, 9.17) is 11.6 Å². The lowest BCUT2D eigenvalue weighted by atomic mass is 9.80. The van der Waals surface area contributed by atoms with Gasteiger partial charge in [-0.1, -0.05) is 43.0 Å². The standard InChI is InChI=1S/C14H17ClO2/c15-12-6-4-5-11(9-12)10-13(16)14(17)7-2-1-3-8-14/h4-6,9,17H,1-3,7-8,10H2. The normalized spacial score (nSPS) is 18.9. The second kappa shape index (κ2) is 5.19. The quantitative estimate of drug-likeness (QED) is 0.897. The topological polar surface area (TPSA) is 37.3 Å². The second-order valence-electron chi connectivity index (χ2n) is 4.82. The summed E-state index contributed by atoms with van der Waals surface area (Å²) in [7, 11) is 0. The summed E-state index contributed by atoms with van der Waals surface area (Å²) in [5.41, 5.74) is -0.220. The van der Waals surface area contributed by atoms with E-state index in [1.807, 2.05) is 12.1 Å². The molecule has 92 valence electrons. The number of aliphatic hydroxyl groups is 1. The molecule has 0 aromatic heterocycles. The molecule has 2 nitrogen and oxygen atoms in total. The summed E-state index contributed by atoms with van der Waals surface area (Å²) >= 11 is 5.87. The number of hydrogen-bond acceptors (Lipinski definition) is 2. The third kappa shape index (κ3) is 3.08. The molecule has 1 fully saturated rings. The van der Waals surface area contributed by atoms with Gasteiger partial charge < -0.3 is 5.11 Å². The van der Waals surface area contributed by atoms with E-state index in [9.17, 15) is 9.90 Å². The zero-order valence-corrected chi connectivity index (χ0v) is 10.5. The molecule has 0 radical (unpaired) electrons. The van der Waals surface area contributed by atoms with Crippen molar-refractivity contribution in [3.63, 3.8) is 0 Å². The van der Waals surface area contributed by atoms with E-state index >= 15 is 0 Å². The monoisotopic (exact) mass is 252 g/mol. The molecule has 0 heterocycles. The molecule has 1 aliphatic carbocycles. The van der Waals surface area contributed by atoms with Crippen LogP contribution >= 0.6 is 11.6 Å². The largest absolute Gasteiger partial charge is 0.382 e. The molecule has 0 saturated heterocycles. The van der Waals surface area contributed by atoms with Crippen LogP contribution in [-0.4, -0.2) is 16.5 Å². The minimum absolute atomic E-state index is 0.0699. The zero-order chi connectivity index (χ0) is 12.3. The molecule has 17 heavy (non-hydrogen) atoms. The van der Waals surface area contributed by atoms with Gasteiger partial charge in [-0.2, -0.15) is 0 Å². The number of halogens is 1. The fourth-order valence-corrected chi connectivity index (χ4v) is 2.63. The molecule has 2 rings (SSSR count). The maximum atomic E-state index is 12.1. The van der Waals surface area contributed by atoms with Crippen molar-refractivity contribution in [3.05, 3.63) is 34.9 Å². The Morgan fingerprint density at radius 1 is 1.29 bits per heavy atom. The Kier molecular flexibility index (Phi) is 3.85. The summed E-state index contributed by atoms with van der Waals surface area (Å²) in [4.78, 5) is 12.1. The second-order valence-corrected chi connectivity index (χ2v) is 5.26. The predicted octanol–water partition coefficient (Wildman–Crippen LogP) is 3.15. The van der Waals surface area contributed by atoms with Crippen LogP contribution in [0.15, 0.2) is 24.3 Å². The minimum Gasteiger partial charge on any atom is -0.382 e. The fraction of sp³-hybridized carbons (Fsp3) is 0.500. The fourth-order valence-electron chi connectivity index (χ4n) is 2.41. The highest BCUT2D eigenvalue weighted by Crippen LogP contribution is 2.30. The van der Waals surface area contributed by atoms with Gasteiger partial charge in [0.1, 0.15) is 5.60 Å². The maximum absolute atomic E-state index is 12.1. The Morgan fingerprint density at radius 2 is 2.00 bits per heavy atom. The number of ketones is 1. The van der Waals surface area contributed by atoms with Crippen molar-refractivity contribution in [3.8, 4) is 0 Å². The first kappa shape index (κ1) is 12.6. The van der Waals surface area contributed by atoms with E-state index in [1.165, 1.54) is 0 Å². The van der Waals surface area contributed by atoms with Crippen LogP contribution in [0, 0.1) is 0 Å². The summed E-state index contributed by atoms with van der Waals surface area (Å²) in [6.45, 7) is 0. The highest BCUT2D eigenvalue weighted by molar-refractivity contribution is 6.30. The van der Waals surface area contributed by atoms with E-state index in [2.05, 4.69) is 0 Å². The zero-order valence-electron chi connectivity index (χ0n) is 9.79. The average Bonchev–Trinajstić information content (AvgIpc) is 2.30. The molecule has 0 amide bonds. The Labute approximate surface area is 107 Å². The summed E-state index contributed by atoms with van der Waals surface area (Å²) < 4.78 is 0. The molecule has 1 aliphatic rings. The van der Waals surface area contributed by atoms with Gasteiger partial charge in [0.25, 0.3) is 0 Å². The Morgan fingerprint density at radius 3 is 2.65 bits per heavy atom. The van der Waals surface area contributed by atoms with Gasteiger partial charge >= 0.3 is 0 Å². The van der Waals surface area contributed by atoms with Crippen molar-refractivity contribution in [2.24, 2.45) is 0 Å². The van der Waals surface area contributed by atoms with E-state index in [-0.39, 0.29) is 12.2 Å². The highest BCUT2D eigenvalue weighted by Gasteiger charge is 2.36. The predicted molar refractivity (Wildman–Crippen MR) is 68.2 cm³/mol. The van der Waals surface area contributed by atoms with Gasteiger partial charge in [0.05, 0.1) is 0 Å². The van der Waals surface area contributed by atoms with Crippen molar-refractivity contribution in [1.82, 2.24) is 0 Å². The van der Waals surface area contributed by atoms with Gasteiger partial charge in [0.2, 0.25) is 0 Å². The molecule has 1 aromatic carbocycles. The van der Waals surface area contributed by atoms with Crippen LogP contribution in [0.2, 0.25) is 5.02 Å². The van der Waals surface area contributed by atoms with Gasteiger partial charge in [-0.3, -0.25) is 4.79 Å². The van der Waals surface area contributed by atoms with Crippen LogP contribution in [0.5, 0.6) is 0 Å². The summed E-state index contributed by atoms with van der Waals surface area (Å²) in [6, 6.07) is 7.27. The van der Waals surface area contributed by atoms with Gasteiger partial charge in [-0.25, -0.2) is 0 Å². The Bertz CT molecular complexity index is 408. The van der Waals surface area contributed by atoms with Crippen molar-refractivity contribution in [2.45, 2.75) is 44.1 Å². The SMILES string of the molecule is O=C(Cc1cccc(Cl)c1)C1(O)CCCCC1. The Hall–Kier alpha value is -0.860. The molecule has 0 atom stereocenters. The third-order valence-corrected chi connectivity index (χ3v) is 3.69. The molecule has 0 spiro atoms. The van der Waals surface area contributed by atoms with Crippen LogP contribution in [0.1, 0.15) is 37.7 Å². The first-order valence-electron chi connectivity index (χ1n) is 6.10. The number of carbonyl (C=O) groups excluding carboxylic acids is 1. The van der Waals surface area contributed by atoms with E-state index in [0.717, 1.165) is 24.8 Å². The van der Waals surface area contributed by atoms with E-state index in [1.54, 1.807) is 12.1 Å². The van der Waals surface area contributed by atoms with Crippen LogP contribution < -0.4 is 0 Å². The average molecular weight is 253 g/mol. The summed E-state index contributed by atoms with van der Waals surface area (Å²) in [5, 5.41) is 10.9. The summed E-state index contributed by atoms with van der Waals surface area (Å²) in [6.07, 6.45) is 4.48. The van der Waals surface area contributed by atoms with Gasteiger partial charge in [-0.05, 0) is 30.5 Å². The lowest BCUT2D eigenvalue weighted by Gasteiger charge is -2.30. The molecular weight excluding hydrogens is 236 g/mol. The number of benzene rings is 1. The van der Waals surface area contributed by atoms with Crippen molar-refractivity contribution in [2.75, 3.05) is 0 Å². The lowest BCUT2D eigenvalue weighted by molar-refractivity contribution is -0.139. The summed E-state index contributed by atoms with van der Waals surface area (Å²) in [5.74, 6) is -0.0699. The highest BCUT2D eigenvalue weighted by atomic mass is 35.5. The lowest BCUT2D eigenvalue weighted by Crippen LogP contribution is -2.41. The molecular formula is C14H17ClO2. The van der Waals surface area contributed by atoms with Crippen LogP contribution in [0.4, 0.5) is 0 Å². The molecule has 0 bridgehead atoms. The van der Waals surface area contributed by atoms with E-state index < -0.39 is 5.60 Å². The van der Waals surface area contributed by atoms with Gasteiger partial charge in [-0.15, -0.1) is 0 Å². The number of rotatable bonds is 3. The van der Waals surface area contributed by atoms with Crippen molar-refractivity contribution in [1.29, 1.82) is 0 Å². The minimum atomic E-state index is -1.10. The van der Waals surface area contributed by atoms with E-state index in [0.29, 0.717) is 17.9 Å².